The van der Waals surface area contributed by atoms with Crippen molar-refractivity contribution >= 4 is 11.8 Å². The molecule has 0 unspecified atom stereocenters. The third-order valence-corrected chi connectivity index (χ3v) is 9.20. The first-order chi connectivity index (χ1) is 15.9. The number of ether oxygens (including phenoxy) is 1. The number of aliphatic hydroxyl groups is 2. The Bertz CT molecular complexity index is 957. The van der Waals surface area contributed by atoms with Crippen LogP contribution in [0, 0.1) is 28.6 Å². The highest BCUT2D eigenvalue weighted by Gasteiger charge is 2.73. The Hall–Kier alpha value is -1.86. The Morgan fingerprint density at radius 3 is 2.62 bits per heavy atom. The summed E-state index contributed by atoms with van der Waals surface area (Å²) in [5.74, 6) is -1.79. The first kappa shape index (κ1) is 25.2. The summed E-state index contributed by atoms with van der Waals surface area (Å²) >= 11 is 0. The van der Waals surface area contributed by atoms with Gasteiger partial charge in [-0.2, -0.15) is 0 Å². The summed E-state index contributed by atoms with van der Waals surface area (Å²) in [5.41, 5.74) is -3.89. The van der Waals surface area contributed by atoms with Gasteiger partial charge in [-0.1, -0.05) is 39.0 Å². The molecule has 0 aromatic heterocycles. The van der Waals surface area contributed by atoms with Gasteiger partial charge in [-0.3, -0.25) is 9.59 Å². The molecule has 0 spiro atoms. The van der Waals surface area contributed by atoms with Crippen LogP contribution in [0.15, 0.2) is 35.5 Å². The summed E-state index contributed by atoms with van der Waals surface area (Å²) < 4.78 is 38.8. The molecule has 0 radical (unpaired) electrons. The minimum Gasteiger partial charge on any atom is -0.461 e. The van der Waals surface area contributed by atoms with Crippen LogP contribution in [0.1, 0.15) is 59.8 Å². The fourth-order valence-corrected chi connectivity index (χ4v) is 7.62. The molecule has 188 valence electrons. The summed E-state index contributed by atoms with van der Waals surface area (Å²) in [7, 11) is 0. The van der Waals surface area contributed by atoms with Crippen molar-refractivity contribution in [1.29, 1.82) is 0 Å². The lowest BCUT2D eigenvalue weighted by Gasteiger charge is -2.62. The summed E-state index contributed by atoms with van der Waals surface area (Å²) in [4.78, 5) is 24.8. The molecule has 3 fully saturated rings. The van der Waals surface area contributed by atoms with Crippen LogP contribution >= 0.6 is 0 Å². The Labute approximate surface area is 199 Å². The van der Waals surface area contributed by atoms with Crippen molar-refractivity contribution in [1.82, 2.24) is 0 Å². The SMILES string of the molecule is CCC(=O)O[C@H]1[C@H](C)C[C@H]2[C@@H]3C[C@H](F)C4=CC(=O)C(C/C=C/CO)=C[C@]4(C)[C@@]3(F)[C@@H](O)C[C@@]21C. The summed E-state index contributed by atoms with van der Waals surface area (Å²) in [5, 5.41) is 20.4. The van der Waals surface area contributed by atoms with Crippen LogP contribution in [0.4, 0.5) is 8.78 Å². The molecule has 4 rings (SSSR count). The highest BCUT2D eigenvalue weighted by atomic mass is 19.1. The van der Waals surface area contributed by atoms with Crippen molar-refractivity contribution in [2.75, 3.05) is 6.61 Å². The van der Waals surface area contributed by atoms with Gasteiger partial charge in [0.25, 0.3) is 0 Å². The molecule has 0 saturated heterocycles. The Morgan fingerprint density at radius 1 is 1.26 bits per heavy atom. The topological polar surface area (TPSA) is 83.8 Å². The third-order valence-electron chi connectivity index (χ3n) is 9.20. The van der Waals surface area contributed by atoms with Crippen LogP contribution in [0.2, 0.25) is 0 Å². The van der Waals surface area contributed by atoms with Crippen LogP contribution < -0.4 is 0 Å². The lowest BCUT2D eigenvalue weighted by Crippen LogP contribution is -2.68. The van der Waals surface area contributed by atoms with Gasteiger partial charge in [-0.15, -0.1) is 0 Å². The number of hydrogen-bond acceptors (Lipinski definition) is 5. The lowest BCUT2D eigenvalue weighted by atomic mass is 9.45. The Morgan fingerprint density at radius 2 is 1.97 bits per heavy atom. The normalized spacial score (nSPS) is 45.8. The number of fused-ring (bicyclic) bond motifs is 5. The molecule has 0 heterocycles. The van der Waals surface area contributed by atoms with E-state index >= 15 is 8.78 Å². The number of carbonyl (C=O) groups is 2. The minimum atomic E-state index is -2.17. The molecule has 7 heteroatoms. The summed E-state index contributed by atoms with van der Waals surface area (Å²) in [6.07, 6.45) is 3.47. The predicted molar refractivity (Wildman–Crippen MR) is 123 cm³/mol. The largest absolute Gasteiger partial charge is 0.461 e. The van der Waals surface area contributed by atoms with E-state index in [1.807, 2.05) is 13.8 Å². The standard InChI is InChI=1S/C27H36F2O5/c1-5-23(33)34-24-15(2)10-17-18-11-20(28)19-12-21(31)16(8-6-7-9-30)13-26(19,4)27(18,29)22(32)14-25(17,24)3/h6-7,12-13,15,17-18,20,22,24,30,32H,5,8-11,14H2,1-4H3/b7-6+/t15-,17+,18+,20+,22+,24+,25+,26+,27+/m1/s1. The van der Waals surface area contributed by atoms with E-state index in [1.165, 1.54) is 18.2 Å². The first-order valence-electron chi connectivity index (χ1n) is 12.4. The van der Waals surface area contributed by atoms with Gasteiger partial charge in [0.1, 0.15) is 12.3 Å². The molecule has 0 aromatic rings. The van der Waals surface area contributed by atoms with E-state index in [4.69, 9.17) is 9.84 Å². The van der Waals surface area contributed by atoms with Gasteiger partial charge in [0.2, 0.25) is 0 Å². The van der Waals surface area contributed by atoms with Crippen molar-refractivity contribution in [3.05, 3.63) is 35.5 Å². The average molecular weight is 479 g/mol. The van der Waals surface area contributed by atoms with Crippen LogP contribution in [0.3, 0.4) is 0 Å². The predicted octanol–water partition coefficient (Wildman–Crippen LogP) is 4.18. The van der Waals surface area contributed by atoms with E-state index in [0.717, 1.165) is 0 Å². The number of halogens is 2. The maximum absolute atomic E-state index is 17.4. The van der Waals surface area contributed by atoms with Gasteiger partial charge in [-0.05, 0) is 56.1 Å². The number of rotatable bonds is 5. The molecule has 5 nitrogen and oxygen atoms in total. The van der Waals surface area contributed by atoms with E-state index < -0.39 is 40.8 Å². The van der Waals surface area contributed by atoms with Crippen molar-refractivity contribution in [2.24, 2.45) is 28.6 Å². The molecule has 9 atom stereocenters. The second kappa shape index (κ2) is 8.66. The summed E-state index contributed by atoms with van der Waals surface area (Å²) in [6, 6.07) is 0. The van der Waals surface area contributed by atoms with E-state index in [1.54, 1.807) is 19.9 Å². The van der Waals surface area contributed by atoms with Crippen molar-refractivity contribution in [3.8, 4) is 0 Å². The highest BCUT2D eigenvalue weighted by Crippen LogP contribution is 2.69. The zero-order chi connectivity index (χ0) is 25.1. The average Bonchev–Trinajstić information content (AvgIpc) is 3.02. The number of aliphatic hydroxyl groups excluding tert-OH is 2. The number of ketones is 1. The van der Waals surface area contributed by atoms with Gasteiger partial charge in [0.15, 0.2) is 11.5 Å². The zero-order valence-electron chi connectivity index (χ0n) is 20.4. The highest BCUT2D eigenvalue weighted by molar-refractivity contribution is 6.06. The molecule has 0 aliphatic heterocycles. The monoisotopic (exact) mass is 478 g/mol. The number of allylic oxidation sites excluding steroid dienone is 5. The Kier molecular flexibility index (Phi) is 6.43. The van der Waals surface area contributed by atoms with Gasteiger partial charge >= 0.3 is 5.97 Å². The second-order valence-corrected chi connectivity index (χ2v) is 11.1. The Balaban J connectivity index is 1.77. The van der Waals surface area contributed by atoms with Crippen LogP contribution in [-0.2, 0) is 14.3 Å². The van der Waals surface area contributed by atoms with E-state index in [9.17, 15) is 14.7 Å². The van der Waals surface area contributed by atoms with Crippen molar-refractivity contribution in [2.45, 2.75) is 83.8 Å². The molecule has 0 amide bonds. The molecular weight excluding hydrogens is 442 g/mol. The fourth-order valence-electron chi connectivity index (χ4n) is 7.62. The molecular formula is C27H36F2O5. The maximum Gasteiger partial charge on any atom is 0.305 e. The van der Waals surface area contributed by atoms with Crippen LogP contribution in [0.25, 0.3) is 0 Å². The first-order valence-corrected chi connectivity index (χ1v) is 12.4. The molecule has 0 bridgehead atoms. The molecule has 0 aromatic carbocycles. The summed E-state index contributed by atoms with van der Waals surface area (Å²) in [6.45, 7) is 7.04. The molecule has 4 aliphatic rings. The second-order valence-electron chi connectivity index (χ2n) is 11.1. The number of alkyl halides is 2. The lowest BCUT2D eigenvalue weighted by molar-refractivity contribution is -0.212. The number of hydrogen-bond donors (Lipinski definition) is 2. The molecule has 4 aliphatic carbocycles. The quantitative estimate of drug-likeness (QED) is 0.458. The smallest absolute Gasteiger partial charge is 0.305 e. The van der Waals surface area contributed by atoms with Crippen LogP contribution in [-0.4, -0.2) is 52.6 Å². The van der Waals surface area contributed by atoms with Crippen molar-refractivity contribution < 1.29 is 33.3 Å². The van der Waals surface area contributed by atoms with Crippen molar-refractivity contribution in [3.63, 3.8) is 0 Å². The van der Waals surface area contributed by atoms with E-state index in [2.05, 4.69) is 0 Å². The van der Waals surface area contributed by atoms with Gasteiger partial charge in [-0.25, -0.2) is 8.78 Å². The zero-order valence-corrected chi connectivity index (χ0v) is 20.4. The maximum atomic E-state index is 17.4. The number of esters is 1. The minimum absolute atomic E-state index is 0.0366. The molecule has 3 saturated carbocycles. The van der Waals surface area contributed by atoms with Crippen LogP contribution in [0.5, 0.6) is 0 Å². The van der Waals surface area contributed by atoms with Gasteiger partial charge in [0, 0.05) is 28.7 Å². The van der Waals surface area contributed by atoms with E-state index in [-0.39, 0.29) is 61.5 Å². The van der Waals surface area contributed by atoms with Gasteiger partial charge in [0.05, 0.1) is 12.7 Å². The van der Waals surface area contributed by atoms with E-state index in [0.29, 0.717) is 12.0 Å². The molecule has 34 heavy (non-hydrogen) atoms. The number of carbonyl (C=O) groups excluding carboxylic acids is 2. The third kappa shape index (κ3) is 3.45. The fraction of sp³-hybridized carbons (Fsp3) is 0.704. The van der Waals surface area contributed by atoms with Gasteiger partial charge < -0.3 is 14.9 Å². The molecule has 2 N–H and O–H groups in total.